The predicted octanol–water partition coefficient (Wildman–Crippen LogP) is 6.28. The van der Waals surface area contributed by atoms with Crippen LogP contribution >= 0.6 is 23.2 Å². The number of carboxylic acids is 1. The molecule has 0 radical (unpaired) electrons. The number of nitrogens with one attached hydrogen (secondary N) is 2. The van der Waals surface area contributed by atoms with Crippen LogP contribution in [-0.2, 0) is 27.8 Å². The minimum atomic E-state index is -3.99. The first-order chi connectivity index (χ1) is 19.0. The van der Waals surface area contributed by atoms with E-state index < -0.39 is 27.7 Å². The largest absolute Gasteiger partial charge is 0.481 e. The molecule has 0 aliphatic heterocycles. The molecule has 1 amide bonds. The summed E-state index contributed by atoms with van der Waals surface area (Å²) in [6.45, 7) is -0.222. The number of carbonyl (C=O) groups is 2. The number of halogens is 3. The van der Waals surface area contributed by atoms with Crippen LogP contribution in [0.15, 0.2) is 89.8 Å². The molecule has 0 spiro atoms. The zero-order chi connectivity index (χ0) is 28.9. The van der Waals surface area contributed by atoms with Crippen molar-refractivity contribution in [3.05, 3.63) is 117 Å². The van der Waals surface area contributed by atoms with E-state index in [0.29, 0.717) is 33.1 Å². The summed E-state index contributed by atoms with van der Waals surface area (Å²) in [5, 5.41) is 12.5. The monoisotopic (exact) mass is 602 g/mol. The van der Waals surface area contributed by atoms with E-state index >= 15 is 0 Å². The van der Waals surface area contributed by atoms with E-state index in [1.807, 2.05) is 0 Å². The van der Waals surface area contributed by atoms with Gasteiger partial charge in [-0.3, -0.25) is 9.59 Å². The van der Waals surface area contributed by atoms with Crippen molar-refractivity contribution in [1.29, 1.82) is 0 Å². The quantitative estimate of drug-likeness (QED) is 0.196. The fourth-order valence-corrected chi connectivity index (χ4v) is 4.90. The van der Waals surface area contributed by atoms with Gasteiger partial charge in [-0.05, 0) is 78.4 Å². The Morgan fingerprint density at radius 1 is 0.875 bits per heavy atom. The van der Waals surface area contributed by atoms with Crippen LogP contribution in [0.5, 0.6) is 11.5 Å². The molecule has 0 saturated heterocycles. The number of aliphatic carboxylic acids is 1. The molecule has 0 atom stereocenters. The van der Waals surface area contributed by atoms with Crippen molar-refractivity contribution in [1.82, 2.24) is 4.72 Å². The number of carboxylic acid groups (broad SMARTS) is 1. The van der Waals surface area contributed by atoms with Crippen molar-refractivity contribution in [3.8, 4) is 11.5 Å². The van der Waals surface area contributed by atoms with Crippen LogP contribution in [0, 0.1) is 5.82 Å². The standard InChI is InChI=1S/C28H21Cl2FN2O6S/c29-24-11-2-18(15-25(24)30)28(36)33-21-5-7-22(8-6-21)39-26-12-1-17(14-27(34)35)13-19(26)16-32-40(37,38)23-9-3-20(31)4-10-23/h1-13,15,32H,14,16H2,(H,33,36)(H,34,35). The van der Waals surface area contributed by atoms with Crippen LogP contribution in [0.1, 0.15) is 21.5 Å². The molecule has 0 aromatic heterocycles. The number of anilines is 1. The average Bonchev–Trinajstić information content (AvgIpc) is 2.91. The number of sulfonamides is 1. The van der Waals surface area contributed by atoms with Crippen LogP contribution in [0.2, 0.25) is 10.0 Å². The number of rotatable bonds is 10. The van der Waals surface area contributed by atoms with Gasteiger partial charge >= 0.3 is 5.97 Å². The van der Waals surface area contributed by atoms with E-state index in [4.69, 9.17) is 33.0 Å². The number of amides is 1. The van der Waals surface area contributed by atoms with Gasteiger partial charge in [-0.15, -0.1) is 0 Å². The van der Waals surface area contributed by atoms with Gasteiger partial charge < -0.3 is 15.2 Å². The Bertz CT molecular complexity index is 1660. The summed E-state index contributed by atoms with van der Waals surface area (Å²) in [7, 11) is -3.99. The van der Waals surface area contributed by atoms with Crippen LogP contribution in [0.25, 0.3) is 0 Å². The van der Waals surface area contributed by atoms with Gasteiger partial charge in [0.2, 0.25) is 10.0 Å². The van der Waals surface area contributed by atoms with E-state index in [-0.39, 0.29) is 28.6 Å². The highest BCUT2D eigenvalue weighted by Gasteiger charge is 2.17. The topological polar surface area (TPSA) is 122 Å². The first-order valence-electron chi connectivity index (χ1n) is 11.6. The third-order valence-corrected chi connectivity index (χ3v) is 7.73. The lowest BCUT2D eigenvalue weighted by atomic mass is 10.1. The third-order valence-electron chi connectivity index (χ3n) is 5.58. The van der Waals surface area contributed by atoms with Gasteiger partial charge in [0, 0.05) is 23.4 Å². The molecule has 4 rings (SSSR count). The highest BCUT2D eigenvalue weighted by molar-refractivity contribution is 7.89. The molecule has 12 heteroatoms. The van der Waals surface area contributed by atoms with Gasteiger partial charge in [0.25, 0.3) is 5.91 Å². The molecule has 0 bridgehead atoms. The summed E-state index contributed by atoms with van der Waals surface area (Å²) in [4.78, 5) is 23.6. The Labute approximate surface area is 239 Å². The van der Waals surface area contributed by atoms with Gasteiger partial charge in [0.1, 0.15) is 17.3 Å². The van der Waals surface area contributed by atoms with E-state index in [1.54, 1.807) is 42.5 Å². The van der Waals surface area contributed by atoms with Crippen molar-refractivity contribution in [2.75, 3.05) is 5.32 Å². The van der Waals surface area contributed by atoms with Crippen LogP contribution in [-0.4, -0.2) is 25.4 Å². The van der Waals surface area contributed by atoms with Crippen molar-refractivity contribution in [2.24, 2.45) is 0 Å². The molecule has 0 aliphatic rings. The number of carbonyl (C=O) groups excluding carboxylic acids is 1. The van der Waals surface area contributed by atoms with Crippen molar-refractivity contribution >= 4 is 50.8 Å². The molecule has 8 nitrogen and oxygen atoms in total. The summed E-state index contributed by atoms with van der Waals surface area (Å²) >= 11 is 11.9. The van der Waals surface area contributed by atoms with E-state index in [0.717, 1.165) is 24.3 Å². The molecule has 0 heterocycles. The molecular weight excluding hydrogens is 582 g/mol. The minimum absolute atomic E-state index is 0.128. The van der Waals surface area contributed by atoms with E-state index in [1.165, 1.54) is 18.2 Å². The maximum atomic E-state index is 13.2. The second-order valence-electron chi connectivity index (χ2n) is 8.50. The van der Waals surface area contributed by atoms with Crippen molar-refractivity contribution in [3.63, 3.8) is 0 Å². The molecule has 0 aliphatic carbocycles. The molecule has 4 aromatic carbocycles. The van der Waals surface area contributed by atoms with Gasteiger partial charge in [0.05, 0.1) is 21.4 Å². The smallest absolute Gasteiger partial charge is 0.307 e. The summed E-state index contributed by atoms with van der Waals surface area (Å²) in [5.74, 6) is -1.36. The van der Waals surface area contributed by atoms with Crippen LogP contribution in [0.4, 0.5) is 10.1 Å². The molecule has 0 saturated carbocycles. The number of ether oxygens (including phenoxy) is 1. The van der Waals surface area contributed by atoms with Gasteiger partial charge in [0.15, 0.2) is 0 Å². The molecule has 3 N–H and O–H groups in total. The zero-order valence-electron chi connectivity index (χ0n) is 20.5. The lowest BCUT2D eigenvalue weighted by Gasteiger charge is -2.14. The molecule has 0 fully saturated rings. The van der Waals surface area contributed by atoms with Gasteiger partial charge in [-0.25, -0.2) is 17.5 Å². The predicted molar refractivity (Wildman–Crippen MR) is 149 cm³/mol. The average molecular weight is 603 g/mol. The van der Waals surface area contributed by atoms with Crippen molar-refractivity contribution in [2.45, 2.75) is 17.9 Å². The molecule has 4 aromatic rings. The second kappa shape index (κ2) is 12.5. The SMILES string of the molecule is O=C(O)Cc1ccc(Oc2ccc(NC(=O)c3ccc(Cl)c(Cl)c3)cc2)c(CNS(=O)(=O)c2ccc(F)cc2)c1. The molecule has 0 unspecified atom stereocenters. The van der Waals surface area contributed by atoms with Gasteiger partial charge in [-0.2, -0.15) is 0 Å². The lowest BCUT2D eigenvalue weighted by molar-refractivity contribution is -0.136. The molecular formula is C28H21Cl2FN2O6S. The highest BCUT2D eigenvalue weighted by Crippen LogP contribution is 2.29. The zero-order valence-corrected chi connectivity index (χ0v) is 22.9. The molecule has 206 valence electrons. The third kappa shape index (κ3) is 7.57. The fourth-order valence-electron chi connectivity index (χ4n) is 3.60. The Hall–Kier alpha value is -3.96. The Balaban J connectivity index is 1.50. The highest BCUT2D eigenvalue weighted by atomic mass is 35.5. The molecule has 40 heavy (non-hydrogen) atoms. The maximum Gasteiger partial charge on any atom is 0.307 e. The van der Waals surface area contributed by atoms with Crippen LogP contribution < -0.4 is 14.8 Å². The Morgan fingerprint density at radius 3 is 2.23 bits per heavy atom. The summed E-state index contributed by atoms with van der Waals surface area (Å²) in [6, 6.07) is 19.9. The maximum absolute atomic E-state index is 13.2. The minimum Gasteiger partial charge on any atom is -0.481 e. The lowest BCUT2D eigenvalue weighted by Crippen LogP contribution is -2.23. The van der Waals surface area contributed by atoms with E-state index in [9.17, 15) is 22.4 Å². The second-order valence-corrected chi connectivity index (χ2v) is 11.1. The number of benzene rings is 4. The van der Waals surface area contributed by atoms with Crippen molar-refractivity contribution < 1.29 is 32.2 Å². The van der Waals surface area contributed by atoms with Crippen LogP contribution in [0.3, 0.4) is 0 Å². The summed E-state index contributed by atoms with van der Waals surface area (Å²) < 4.78 is 47.0. The summed E-state index contributed by atoms with van der Waals surface area (Å²) in [5.41, 5.74) is 1.62. The normalized spacial score (nSPS) is 11.2. The summed E-state index contributed by atoms with van der Waals surface area (Å²) in [6.07, 6.45) is -0.273. The Morgan fingerprint density at radius 2 is 1.57 bits per heavy atom. The number of hydrogen-bond acceptors (Lipinski definition) is 5. The van der Waals surface area contributed by atoms with E-state index in [2.05, 4.69) is 10.0 Å². The Kier molecular flexibility index (Phi) is 9.06. The first-order valence-corrected chi connectivity index (χ1v) is 13.9. The first kappa shape index (κ1) is 29.0. The van der Waals surface area contributed by atoms with Gasteiger partial charge in [-0.1, -0.05) is 35.3 Å². The number of hydrogen-bond donors (Lipinski definition) is 3. The fraction of sp³-hybridized carbons (Fsp3) is 0.0714.